The van der Waals surface area contributed by atoms with E-state index in [-0.39, 0.29) is 17.4 Å². The molecule has 6 nitrogen and oxygen atoms in total. The van der Waals surface area contributed by atoms with E-state index in [4.69, 9.17) is 0 Å². The summed E-state index contributed by atoms with van der Waals surface area (Å²) >= 11 is 0. The van der Waals surface area contributed by atoms with E-state index in [1.165, 1.54) is 15.8 Å². The molecule has 6 heteroatoms. The number of hydrogen-bond donors (Lipinski definition) is 1. The number of amides is 1. The molecule has 2 heterocycles. The summed E-state index contributed by atoms with van der Waals surface area (Å²) in [5.74, 6) is -0.0263. The summed E-state index contributed by atoms with van der Waals surface area (Å²) in [4.78, 5) is 27.6. The molecule has 1 aliphatic rings. The van der Waals surface area contributed by atoms with E-state index >= 15 is 0 Å². The molecule has 1 aromatic heterocycles. The topological polar surface area (TPSA) is 67.2 Å². The second kappa shape index (κ2) is 9.81. The van der Waals surface area contributed by atoms with Gasteiger partial charge in [0.15, 0.2) is 0 Å². The molecule has 166 valence electrons. The molecule has 0 radical (unpaired) electrons. The van der Waals surface area contributed by atoms with Crippen LogP contribution in [-0.2, 0) is 17.9 Å². The van der Waals surface area contributed by atoms with Crippen molar-refractivity contribution in [2.45, 2.75) is 39.8 Å². The minimum Gasteiger partial charge on any atom is -0.369 e. The summed E-state index contributed by atoms with van der Waals surface area (Å²) in [7, 11) is 0. The Morgan fingerprint density at radius 2 is 1.94 bits per heavy atom. The van der Waals surface area contributed by atoms with Gasteiger partial charge < -0.3 is 10.2 Å². The van der Waals surface area contributed by atoms with Crippen LogP contribution in [0.5, 0.6) is 0 Å². The van der Waals surface area contributed by atoms with Gasteiger partial charge in [-0.1, -0.05) is 54.1 Å². The average molecular weight is 431 g/mol. The van der Waals surface area contributed by atoms with E-state index in [1.807, 2.05) is 30.3 Å². The van der Waals surface area contributed by atoms with Gasteiger partial charge in [-0.15, -0.1) is 0 Å². The fourth-order valence-electron chi connectivity index (χ4n) is 4.22. The highest BCUT2D eigenvalue weighted by molar-refractivity contribution is 5.79. The summed E-state index contributed by atoms with van der Waals surface area (Å²) in [5, 5.41) is 7.48. The molecule has 0 bridgehead atoms. The van der Waals surface area contributed by atoms with Crippen molar-refractivity contribution >= 4 is 11.6 Å². The predicted molar refractivity (Wildman–Crippen MR) is 127 cm³/mol. The zero-order valence-electron chi connectivity index (χ0n) is 18.8. The number of nitrogens with one attached hydrogen (secondary N) is 1. The fraction of sp³-hybridized carbons (Fsp3) is 0.346. The van der Waals surface area contributed by atoms with Crippen molar-refractivity contribution in [3.63, 3.8) is 0 Å². The number of anilines is 1. The highest BCUT2D eigenvalue weighted by Gasteiger charge is 2.26. The molecule has 32 heavy (non-hydrogen) atoms. The monoisotopic (exact) mass is 430 g/mol. The summed E-state index contributed by atoms with van der Waals surface area (Å²) in [6.07, 6.45) is 3.50. The minimum absolute atomic E-state index is 0.0704. The van der Waals surface area contributed by atoms with Crippen LogP contribution in [0.3, 0.4) is 0 Å². The van der Waals surface area contributed by atoms with Crippen LogP contribution in [0.1, 0.15) is 35.1 Å². The number of aromatic nitrogens is 2. The number of carbonyl (C=O) groups excluding carboxylic acids is 1. The van der Waals surface area contributed by atoms with Gasteiger partial charge in [-0.3, -0.25) is 9.59 Å². The van der Waals surface area contributed by atoms with E-state index < -0.39 is 0 Å². The van der Waals surface area contributed by atoms with Gasteiger partial charge in [0, 0.05) is 25.7 Å². The third-order valence-electron chi connectivity index (χ3n) is 6.15. The molecule has 1 atom stereocenters. The minimum atomic E-state index is -0.132. The van der Waals surface area contributed by atoms with Crippen LogP contribution in [0.25, 0.3) is 0 Å². The fourth-order valence-corrected chi connectivity index (χ4v) is 4.22. The normalized spacial score (nSPS) is 16.1. The zero-order valence-corrected chi connectivity index (χ0v) is 18.8. The summed E-state index contributed by atoms with van der Waals surface area (Å²) < 4.78 is 1.47. The average Bonchev–Trinajstić information content (AvgIpc) is 2.81. The Morgan fingerprint density at radius 3 is 2.72 bits per heavy atom. The lowest BCUT2D eigenvalue weighted by Crippen LogP contribution is -2.43. The van der Waals surface area contributed by atoms with Crippen LogP contribution >= 0.6 is 0 Å². The molecule has 4 rings (SSSR count). The van der Waals surface area contributed by atoms with Crippen molar-refractivity contribution < 1.29 is 4.79 Å². The van der Waals surface area contributed by atoms with Crippen molar-refractivity contribution in [3.05, 3.63) is 93.4 Å². The molecule has 1 fully saturated rings. The van der Waals surface area contributed by atoms with Gasteiger partial charge in [-0.2, -0.15) is 5.10 Å². The van der Waals surface area contributed by atoms with Crippen molar-refractivity contribution in [1.82, 2.24) is 15.1 Å². The van der Waals surface area contributed by atoms with Crippen LogP contribution in [0.2, 0.25) is 0 Å². The van der Waals surface area contributed by atoms with Crippen molar-refractivity contribution in [2.75, 3.05) is 18.0 Å². The first kappa shape index (κ1) is 21.8. The van der Waals surface area contributed by atoms with Crippen molar-refractivity contribution in [3.8, 4) is 0 Å². The predicted octanol–water partition coefficient (Wildman–Crippen LogP) is 3.44. The molecular weight excluding hydrogens is 400 g/mol. The van der Waals surface area contributed by atoms with E-state index in [9.17, 15) is 9.59 Å². The van der Waals surface area contributed by atoms with Crippen molar-refractivity contribution in [2.24, 2.45) is 5.92 Å². The van der Waals surface area contributed by atoms with E-state index in [1.54, 1.807) is 12.3 Å². The summed E-state index contributed by atoms with van der Waals surface area (Å²) in [6.45, 7) is 6.54. The summed E-state index contributed by atoms with van der Waals surface area (Å²) in [5.41, 5.74) is 5.21. The maximum absolute atomic E-state index is 12.8. The Kier molecular flexibility index (Phi) is 6.69. The van der Waals surface area contributed by atoms with E-state index in [0.29, 0.717) is 19.6 Å². The first-order valence-corrected chi connectivity index (χ1v) is 11.2. The lowest BCUT2D eigenvalue weighted by atomic mass is 9.96. The summed E-state index contributed by atoms with van der Waals surface area (Å²) in [6, 6.07) is 17.7. The molecule has 1 aliphatic heterocycles. The van der Waals surface area contributed by atoms with E-state index in [0.717, 1.165) is 36.2 Å². The highest BCUT2D eigenvalue weighted by atomic mass is 16.2. The second-order valence-electron chi connectivity index (χ2n) is 8.63. The molecule has 0 aliphatic carbocycles. The Hall–Kier alpha value is -3.41. The molecule has 0 saturated carbocycles. The number of hydrogen-bond acceptors (Lipinski definition) is 4. The standard InChI is InChI=1S/C26H30N4O2/c1-19-10-11-20(2)23(13-19)15-27-26(32)22-9-6-12-29(18-22)24-14-25(31)30(28-16-24)17-21-7-4-3-5-8-21/h3-5,7-8,10-11,13-14,16,22H,6,9,12,15,17-18H2,1-2H3,(H,27,32). The van der Waals surface area contributed by atoms with Crippen LogP contribution in [0, 0.1) is 19.8 Å². The number of nitrogens with zero attached hydrogens (tertiary/aromatic N) is 3. The van der Waals surface area contributed by atoms with Crippen LogP contribution in [0.4, 0.5) is 5.69 Å². The largest absolute Gasteiger partial charge is 0.369 e. The maximum atomic E-state index is 12.8. The quantitative estimate of drug-likeness (QED) is 0.651. The third-order valence-corrected chi connectivity index (χ3v) is 6.15. The van der Waals surface area contributed by atoms with Crippen molar-refractivity contribution in [1.29, 1.82) is 0 Å². The molecule has 1 N–H and O–H groups in total. The first-order valence-electron chi connectivity index (χ1n) is 11.2. The Morgan fingerprint density at radius 1 is 1.12 bits per heavy atom. The van der Waals surface area contributed by atoms with Gasteiger partial charge in [0.25, 0.3) is 5.56 Å². The first-order chi connectivity index (χ1) is 15.5. The number of piperidine rings is 1. The smallest absolute Gasteiger partial charge is 0.269 e. The van der Waals surface area contributed by atoms with Gasteiger partial charge in [0.1, 0.15) is 0 Å². The second-order valence-corrected chi connectivity index (χ2v) is 8.63. The molecule has 2 aromatic carbocycles. The van der Waals surface area contributed by atoms with Gasteiger partial charge in [0.2, 0.25) is 5.91 Å². The Bertz CT molecular complexity index is 1140. The van der Waals surface area contributed by atoms with Crippen LogP contribution < -0.4 is 15.8 Å². The SMILES string of the molecule is Cc1ccc(C)c(CNC(=O)C2CCCN(c3cnn(Cc4ccccc4)c(=O)c3)C2)c1. The number of aryl methyl sites for hydroxylation is 2. The lowest BCUT2D eigenvalue weighted by Gasteiger charge is -2.33. The van der Waals surface area contributed by atoms with Gasteiger partial charge in [-0.25, -0.2) is 4.68 Å². The molecule has 1 saturated heterocycles. The molecular formula is C26H30N4O2. The van der Waals surface area contributed by atoms with Gasteiger partial charge in [-0.05, 0) is 43.4 Å². The van der Waals surface area contributed by atoms with Gasteiger partial charge >= 0.3 is 0 Å². The molecule has 0 spiro atoms. The van der Waals surface area contributed by atoms with Crippen LogP contribution in [-0.4, -0.2) is 28.8 Å². The zero-order chi connectivity index (χ0) is 22.5. The van der Waals surface area contributed by atoms with E-state index in [2.05, 4.69) is 47.4 Å². The molecule has 3 aromatic rings. The lowest BCUT2D eigenvalue weighted by molar-refractivity contribution is -0.125. The van der Waals surface area contributed by atoms with Gasteiger partial charge in [0.05, 0.1) is 24.3 Å². The Labute approximate surface area is 188 Å². The molecule has 1 amide bonds. The highest BCUT2D eigenvalue weighted by Crippen LogP contribution is 2.22. The molecule has 1 unspecified atom stereocenters. The third kappa shape index (κ3) is 5.25. The number of carbonyl (C=O) groups is 1. The van der Waals surface area contributed by atoms with Crippen LogP contribution in [0.15, 0.2) is 65.6 Å². The number of benzene rings is 2. The Balaban J connectivity index is 1.39. The number of rotatable bonds is 6. The maximum Gasteiger partial charge on any atom is 0.269 e.